The molecule has 0 bridgehead atoms. The van der Waals surface area contributed by atoms with Crippen LogP contribution < -0.4 is 0 Å². The lowest BCUT2D eigenvalue weighted by Crippen LogP contribution is -2.36. The van der Waals surface area contributed by atoms with Crippen LogP contribution in [0.1, 0.15) is 62.9 Å². The Labute approximate surface area is 159 Å². The summed E-state index contributed by atoms with van der Waals surface area (Å²) >= 11 is 1.57. The van der Waals surface area contributed by atoms with Crippen molar-refractivity contribution in [2.75, 3.05) is 6.54 Å². The number of hydrogen-bond donors (Lipinski definition) is 0. The normalized spacial score (nSPS) is 17.9. The highest BCUT2D eigenvalue weighted by Gasteiger charge is 2.37. The topological polar surface area (TPSA) is 51.0 Å². The number of carbonyl (C=O) groups is 1. The minimum Gasteiger partial charge on any atom is -0.338 e. The molecule has 5 nitrogen and oxygen atoms in total. The van der Waals surface area contributed by atoms with Gasteiger partial charge >= 0.3 is 0 Å². The smallest absolute Gasteiger partial charge is 0.236 e. The molecular weight excluding hydrogens is 344 g/mol. The molecule has 0 saturated heterocycles. The first-order valence-corrected chi connectivity index (χ1v) is 10.5. The summed E-state index contributed by atoms with van der Waals surface area (Å²) in [5.41, 5.74) is 1.16. The molecule has 2 saturated carbocycles. The van der Waals surface area contributed by atoms with Gasteiger partial charge in [-0.2, -0.15) is 0 Å². The first-order chi connectivity index (χ1) is 12.7. The predicted octanol–water partition coefficient (Wildman–Crippen LogP) is 4.02. The molecule has 2 aromatic rings. The van der Waals surface area contributed by atoms with E-state index in [0.29, 0.717) is 25.0 Å². The number of nitrogens with zero attached hydrogens (tertiary/aromatic N) is 4. The molecule has 4 rings (SSSR count). The highest BCUT2D eigenvalue weighted by Crippen LogP contribution is 2.46. The van der Waals surface area contributed by atoms with Crippen molar-refractivity contribution >= 4 is 17.7 Å². The van der Waals surface area contributed by atoms with E-state index in [1.807, 2.05) is 36.9 Å². The Hall–Kier alpha value is -1.82. The van der Waals surface area contributed by atoms with Crippen molar-refractivity contribution in [2.24, 2.45) is 0 Å². The summed E-state index contributed by atoms with van der Waals surface area (Å²) < 4.78 is 2.32. The number of aromatic nitrogens is 3. The molecule has 6 heteroatoms. The summed E-state index contributed by atoms with van der Waals surface area (Å²) in [6.45, 7) is 5.39. The van der Waals surface area contributed by atoms with Crippen LogP contribution in [0.15, 0.2) is 35.5 Å². The molecule has 1 aromatic carbocycles. The summed E-state index contributed by atoms with van der Waals surface area (Å²) in [5.74, 6) is 1.90. The maximum Gasteiger partial charge on any atom is 0.236 e. The summed E-state index contributed by atoms with van der Waals surface area (Å²) in [4.78, 5) is 14.9. The molecule has 0 unspecified atom stereocenters. The molecule has 0 aliphatic heterocycles. The van der Waals surface area contributed by atoms with E-state index < -0.39 is 0 Å². The Balaban J connectivity index is 1.45. The van der Waals surface area contributed by atoms with Crippen LogP contribution in [0.25, 0.3) is 0 Å². The Morgan fingerprint density at radius 1 is 1.23 bits per heavy atom. The molecule has 1 heterocycles. The molecule has 138 valence electrons. The van der Waals surface area contributed by atoms with E-state index in [-0.39, 0.29) is 11.2 Å². The Bertz CT molecular complexity index is 767. The van der Waals surface area contributed by atoms with Gasteiger partial charge in [0.05, 0.1) is 5.25 Å². The molecule has 2 fully saturated rings. The minimum atomic E-state index is -0.160. The molecule has 1 amide bonds. The van der Waals surface area contributed by atoms with E-state index in [9.17, 15) is 4.79 Å². The zero-order chi connectivity index (χ0) is 18.1. The Morgan fingerprint density at radius 2 is 1.96 bits per heavy atom. The molecule has 0 N–H and O–H groups in total. The summed E-state index contributed by atoms with van der Waals surface area (Å²) in [6, 6.07) is 10.7. The highest BCUT2D eigenvalue weighted by atomic mass is 32.2. The summed E-state index contributed by atoms with van der Waals surface area (Å²) in [7, 11) is 0. The standard InChI is InChI=1S/C20H26N4OS/c1-3-23(13-15-7-5-4-6-8-15)19(25)14(2)26-20-22-21-18(16-9-10-16)24(20)17-11-12-17/h4-8,14,16-17H,3,9-13H2,1-2H3/t14-/m0/s1. The van der Waals surface area contributed by atoms with Gasteiger partial charge in [-0.25, -0.2) is 0 Å². The average Bonchev–Trinajstić information content (AvgIpc) is 3.59. The second-order valence-corrected chi connectivity index (χ2v) is 8.62. The monoisotopic (exact) mass is 370 g/mol. The molecule has 2 aliphatic carbocycles. The van der Waals surface area contributed by atoms with Gasteiger partial charge in [0, 0.05) is 25.0 Å². The van der Waals surface area contributed by atoms with Gasteiger partial charge in [-0.1, -0.05) is 42.1 Å². The van der Waals surface area contributed by atoms with Crippen molar-refractivity contribution in [3.05, 3.63) is 41.7 Å². The molecule has 0 radical (unpaired) electrons. The van der Waals surface area contributed by atoms with Gasteiger partial charge in [-0.15, -0.1) is 10.2 Å². The van der Waals surface area contributed by atoms with Crippen LogP contribution in [0.2, 0.25) is 0 Å². The second kappa shape index (κ2) is 7.43. The molecule has 1 atom stereocenters. The van der Waals surface area contributed by atoms with Gasteiger partial charge in [-0.3, -0.25) is 4.79 Å². The van der Waals surface area contributed by atoms with Crippen LogP contribution in [0.4, 0.5) is 0 Å². The molecule has 0 spiro atoms. The SMILES string of the molecule is CCN(Cc1ccccc1)C(=O)[C@H](C)Sc1nnc(C2CC2)n1C1CC1. The first kappa shape index (κ1) is 17.6. The molecular formula is C20H26N4OS. The fourth-order valence-electron chi connectivity index (χ4n) is 3.28. The summed E-state index contributed by atoms with van der Waals surface area (Å²) in [6.07, 6.45) is 4.88. The molecule has 1 aromatic heterocycles. The van der Waals surface area contributed by atoms with Gasteiger partial charge in [-0.05, 0) is 45.1 Å². The predicted molar refractivity (Wildman–Crippen MR) is 103 cm³/mol. The van der Waals surface area contributed by atoms with E-state index in [2.05, 4.69) is 26.9 Å². The van der Waals surface area contributed by atoms with Gasteiger partial charge in [0.15, 0.2) is 5.16 Å². The third kappa shape index (κ3) is 3.80. The van der Waals surface area contributed by atoms with Crippen molar-refractivity contribution in [1.29, 1.82) is 0 Å². The van der Waals surface area contributed by atoms with E-state index >= 15 is 0 Å². The number of rotatable bonds is 8. The third-order valence-electron chi connectivity index (χ3n) is 5.09. The van der Waals surface area contributed by atoms with Crippen LogP contribution >= 0.6 is 11.8 Å². The number of thioether (sulfide) groups is 1. The Morgan fingerprint density at radius 3 is 2.58 bits per heavy atom. The van der Waals surface area contributed by atoms with Crippen LogP contribution in [0.5, 0.6) is 0 Å². The zero-order valence-corrected chi connectivity index (χ0v) is 16.3. The van der Waals surface area contributed by atoms with Crippen molar-refractivity contribution < 1.29 is 4.79 Å². The lowest BCUT2D eigenvalue weighted by Gasteiger charge is -2.24. The van der Waals surface area contributed by atoms with E-state index in [1.54, 1.807) is 11.8 Å². The van der Waals surface area contributed by atoms with Gasteiger partial charge in [0.2, 0.25) is 5.91 Å². The zero-order valence-electron chi connectivity index (χ0n) is 15.5. The fourth-order valence-corrected chi connectivity index (χ4v) is 4.29. The van der Waals surface area contributed by atoms with Gasteiger partial charge in [0.1, 0.15) is 5.82 Å². The number of hydrogen-bond acceptors (Lipinski definition) is 4. The lowest BCUT2D eigenvalue weighted by molar-refractivity contribution is -0.130. The van der Waals surface area contributed by atoms with Gasteiger partial charge in [0.25, 0.3) is 0 Å². The van der Waals surface area contributed by atoms with Crippen molar-refractivity contribution in [3.8, 4) is 0 Å². The Kier molecular flexibility index (Phi) is 5.02. The highest BCUT2D eigenvalue weighted by molar-refractivity contribution is 8.00. The average molecular weight is 371 g/mol. The van der Waals surface area contributed by atoms with Crippen molar-refractivity contribution in [3.63, 3.8) is 0 Å². The van der Waals surface area contributed by atoms with Crippen LogP contribution in [0.3, 0.4) is 0 Å². The molecule has 26 heavy (non-hydrogen) atoms. The van der Waals surface area contributed by atoms with Gasteiger partial charge < -0.3 is 9.47 Å². The minimum absolute atomic E-state index is 0.160. The van der Waals surface area contributed by atoms with Crippen LogP contribution in [-0.2, 0) is 11.3 Å². The number of amides is 1. The lowest BCUT2D eigenvalue weighted by atomic mass is 10.2. The van der Waals surface area contributed by atoms with Crippen molar-refractivity contribution in [1.82, 2.24) is 19.7 Å². The van der Waals surface area contributed by atoms with E-state index in [1.165, 1.54) is 25.7 Å². The van der Waals surface area contributed by atoms with Crippen LogP contribution in [-0.4, -0.2) is 37.4 Å². The number of carbonyl (C=O) groups excluding carboxylic acids is 1. The second-order valence-electron chi connectivity index (χ2n) is 7.31. The molecule has 2 aliphatic rings. The van der Waals surface area contributed by atoms with E-state index in [4.69, 9.17) is 0 Å². The maximum atomic E-state index is 13.0. The largest absolute Gasteiger partial charge is 0.338 e. The maximum absolute atomic E-state index is 13.0. The number of benzene rings is 1. The summed E-state index contributed by atoms with van der Waals surface area (Å²) in [5, 5.41) is 9.65. The third-order valence-corrected chi connectivity index (χ3v) is 6.13. The van der Waals surface area contributed by atoms with E-state index in [0.717, 1.165) is 16.5 Å². The quantitative estimate of drug-likeness (QED) is 0.659. The fraction of sp³-hybridized carbons (Fsp3) is 0.550. The van der Waals surface area contributed by atoms with Crippen LogP contribution in [0, 0.1) is 0 Å². The van der Waals surface area contributed by atoms with Crippen molar-refractivity contribution in [2.45, 2.75) is 68.4 Å². The first-order valence-electron chi connectivity index (χ1n) is 9.61.